The van der Waals surface area contributed by atoms with E-state index in [4.69, 9.17) is 11.6 Å². The molecule has 0 spiro atoms. The van der Waals surface area contributed by atoms with Gasteiger partial charge in [-0.05, 0) is 5.56 Å². The average molecular weight is 227 g/mol. The van der Waals surface area contributed by atoms with E-state index in [0.29, 0.717) is 5.56 Å². The van der Waals surface area contributed by atoms with Gasteiger partial charge in [-0.25, -0.2) is 0 Å². The zero-order valence-electron chi connectivity index (χ0n) is 7.14. The van der Waals surface area contributed by atoms with Gasteiger partial charge in [0, 0.05) is 5.56 Å². The molecule has 4 heteroatoms. The van der Waals surface area contributed by atoms with Gasteiger partial charge >= 0.3 is 0 Å². The van der Waals surface area contributed by atoms with Crippen molar-refractivity contribution in [1.29, 1.82) is 0 Å². The summed E-state index contributed by atoms with van der Waals surface area (Å²) in [6.07, 6.45) is 3.51. The average Bonchev–Trinajstić information content (AvgIpc) is 2.17. The Bertz CT molecular complexity index is 521. The van der Waals surface area contributed by atoms with Gasteiger partial charge in [-0.3, -0.25) is 0 Å². The molecule has 0 amide bonds. The summed E-state index contributed by atoms with van der Waals surface area (Å²) in [5.41, 5.74) is 1.59. The summed E-state index contributed by atoms with van der Waals surface area (Å²) in [5.74, 6) is 0. The Morgan fingerprint density at radius 3 is 2.64 bits per heavy atom. The molecule has 0 aliphatic heterocycles. The number of allylic oxidation sites excluding steroid dienone is 1. The van der Waals surface area contributed by atoms with Crippen molar-refractivity contribution in [3.05, 3.63) is 41.5 Å². The fourth-order valence-corrected chi connectivity index (χ4v) is 2.51. The van der Waals surface area contributed by atoms with Gasteiger partial charge in [0.05, 0.1) is 5.38 Å². The summed E-state index contributed by atoms with van der Waals surface area (Å²) in [6, 6.07) is 7.29. The van der Waals surface area contributed by atoms with Crippen LogP contribution in [0, 0.1) is 0 Å². The summed E-state index contributed by atoms with van der Waals surface area (Å²) < 4.78 is 21.9. The second kappa shape index (κ2) is 3.59. The lowest BCUT2D eigenvalue weighted by molar-refractivity contribution is 0.627. The van der Waals surface area contributed by atoms with Crippen LogP contribution in [0.5, 0.6) is 0 Å². The van der Waals surface area contributed by atoms with Gasteiger partial charge in [0.25, 0.3) is 0 Å². The first-order chi connectivity index (χ1) is 6.70. The molecule has 0 aromatic heterocycles. The van der Waals surface area contributed by atoms with Crippen molar-refractivity contribution in [1.82, 2.24) is 0 Å². The largest absolute Gasteiger partial charge is 0.219 e. The van der Waals surface area contributed by atoms with Crippen LogP contribution < -0.4 is 0 Å². The Labute approximate surface area is 88.4 Å². The third kappa shape index (κ3) is 1.49. The number of alkyl halides is 1. The van der Waals surface area contributed by atoms with Crippen LogP contribution in [0.1, 0.15) is 11.1 Å². The summed E-state index contributed by atoms with van der Waals surface area (Å²) in [7, 11) is -2.26. The minimum atomic E-state index is -2.26. The number of halogens is 1. The van der Waals surface area contributed by atoms with Crippen LogP contribution >= 0.6 is 11.6 Å². The van der Waals surface area contributed by atoms with E-state index < -0.39 is 15.7 Å². The van der Waals surface area contributed by atoms with Crippen molar-refractivity contribution < 1.29 is 8.42 Å². The van der Waals surface area contributed by atoms with Crippen molar-refractivity contribution >= 4 is 32.8 Å². The molecule has 0 radical (unpaired) electrons. The lowest BCUT2D eigenvalue weighted by Crippen LogP contribution is -2.18. The van der Waals surface area contributed by atoms with Crippen LogP contribution in [-0.4, -0.2) is 18.7 Å². The van der Waals surface area contributed by atoms with Crippen molar-refractivity contribution in [2.24, 2.45) is 0 Å². The molecule has 2 nitrogen and oxygen atoms in total. The molecule has 1 aromatic rings. The maximum Gasteiger partial charge on any atom is 0.219 e. The van der Waals surface area contributed by atoms with Crippen molar-refractivity contribution in [2.45, 2.75) is 5.38 Å². The first-order valence-corrected chi connectivity index (χ1v) is 5.59. The highest BCUT2D eigenvalue weighted by Crippen LogP contribution is 2.21. The molecule has 1 aliphatic carbocycles. The van der Waals surface area contributed by atoms with Crippen molar-refractivity contribution in [2.75, 3.05) is 0 Å². The Morgan fingerprint density at radius 1 is 1.21 bits per heavy atom. The van der Waals surface area contributed by atoms with E-state index >= 15 is 0 Å². The number of hydrogen-bond acceptors (Lipinski definition) is 2. The standard InChI is InChI=1S/C10H7ClO2S/c11-9-6-5-7-3-1-2-4-8(7)10(9)14(12)13/h1-6,9H. The Balaban J connectivity index is 2.79. The third-order valence-corrected chi connectivity index (χ3v) is 3.43. The summed E-state index contributed by atoms with van der Waals surface area (Å²) in [4.78, 5) is 0.254. The highest BCUT2D eigenvalue weighted by atomic mass is 35.5. The van der Waals surface area contributed by atoms with Gasteiger partial charge in [-0.15, -0.1) is 11.6 Å². The molecule has 14 heavy (non-hydrogen) atoms. The zero-order valence-corrected chi connectivity index (χ0v) is 8.72. The van der Waals surface area contributed by atoms with E-state index in [1.165, 1.54) is 0 Å². The fourth-order valence-electron chi connectivity index (χ4n) is 1.47. The molecule has 1 atom stereocenters. The molecule has 0 saturated heterocycles. The number of benzene rings is 1. The third-order valence-electron chi connectivity index (χ3n) is 2.10. The highest BCUT2D eigenvalue weighted by Gasteiger charge is 2.20. The molecule has 2 rings (SSSR count). The first kappa shape index (κ1) is 9.49. The van der Waals surface area contributed by atoms with Crippen molar-refractivity contribution in [3.63, 3.8) is 0 Å². The van der Waals surface area contributed by atoms with Gasteiger partial charge < -0.3 is 0 Å². The van der Waals surface area contributed by atoms with Gasteiger partial charge in [0.15, 0.2) is 0 Å². The molecule has 0 fully saturated rings. The summed E-state index contributed by atoms with van der Waals surface area (Å²) in [6.45, 7) is 0. The van der Waals surface area contributed by atoms with Gasteiger partial charge in [0.2, 0.25) is 10.3 Å². The normalized spacial score (nSPS) is 19.2. The lowest BCUT2D eigenvalue weighted by atomic mass is 9.97. The zero-order chi connectivity index (χ0) is 10.1. The molecule has 0 heterocycles. The lowest BCUT2D eigenvalue weighted by Gasteiger charge is -2.14. The number of hydrogen-bond donors (Lipinski definition) is 0. The van der Waals surface area contributed by atoms with Crippen LogP contribution in [0.3, 0.4) is 0 Å². The van der Waals surface area contributed by atoms with Crippen LogP contribution in [-0.2, 0) is 10.3 Å². The van der Waals surface area contributed by atoms with Crippen LogP contribution in [0.4, 0.5) is 0 Å². The first-order valence-electron chi connectivity index (χ1n) is 4.08. The number of fused-ring (bicyclic) bond motifs is 1. The SMILES string of the molecule is O=S(=O)=C1c2ccccc2C=CC1Cl. The van der Waals surface area contributed by atoms with E-state index in [-0.39, 0.29) is 4.86 Å². The molecule has 72 valence electrons. The second-order valence-electron chi connectivity index (χ2n) is 2.95. The minimum absolute atomic E-state index is 0.254. The summed E-state index contributed by atoms with van der Waals surface area (Å²) >= 11 is 5.89. The summed E-state index contributed by atoms with van der Waals surface area (Å²) in [5, 5.41) is -0.553. The van der Waals surface area contributed by atoms with E-state index in [1.807, 2.05) is 18.2 Å². The predicted octanol–water partition coefficient (Wildman–Crippen LogP) is 1.72. The van der Waals surface area contributed by atoms with Crippen LogP contribution in [0.15, 0.2) is 30.3 Å². The monoisotopic (exact) mass is 226 g/mol. The molecule has 1 aromatic carbocycles. The van der Waals surface area contributed by atoms with Crippen LogP contribution in [0.25, 0.3) is 6.08 Å². The molecule has 1 unspecified atom stereocenters. The Hall–Kier alpha value is -1.06. The Morgan fingerprint density at radius 2 is 1.93 bits per heavy atom. The van der Waals surface area contributed by atoms with E-state index in [9.17, 15) is 8.42 Å². The Kier molecular flexibility index (Phi) is 2.44. The molecule has 1 aliphatic rings. The number of rotatable bonds is 0. The maximum atomic E-state index is 11.0. The molecule has 0 bridgehead atoms. The quantitative estimate of drug-likeness (QED) is 0.499. The molecule has 0 saturated carbocycles. The topological polar surface area (TPSA) is 34.1 Å². The van der Waals surface area contributed by atoms with Gasteiger partial charge in [0.1, 0.15) is 4.86 Å². The van der Waals surface area contributed by atoms with E-state index in [2.05, 4.69) is 0 Å². The predicted molar refractivity (Wildman–Crippen MR) is 58.1 cm³/mol. The molecular formula is C10H7ClO2S. The highest BCUT2D eigenvalue weighted by molar-refractivity contribution is 7.73. The van der Waals surface area contributed by atoms with Crippen molar-refractivity contribution in [3.8, 4) is 0 Å². The second-order valence-corrected chi connectivity index (χ2v) is 4.33. The van der Waals surface area contributed by atoms with Gasteiger partial charge in [-0.2, -0.15) is 8.42 Å². The molecule has 0 N–H and O–H groups in total. The molecular weight excluding hydrogens is 220 g/mol. The van der Waals surface area contributed by atoms with Crippen LogP contribution in [0.2, 0.25) is 0 Å². The van der Waals surface area contributed by atoms with E-state index in [1.54, 1.807) is 18.2 Å². The maximum absolute atomic E-state index is 11.0. The smallest absolute Gasteiger partial charge is 0.184 e. The van der Waals surface area contributed by atoms with E-state index in [0.717, 1.165) is 5.56 Å². The minimum Gasteiger partial charge on any atom is -0.184 e. The fraction of sp³-hybridized carbons (Fsp3) is 0.100. The van der Waals surface area contributed by atoms with Gasteiger partial charge in [-0.1, -0.05) is 36.4 Å².